The Kier molecular flexibility index (Phi) is 3.78. The fourth-order valence-corrected chi connectivity index (χ4v) is 3.38. The molecule has 0 aliphatic rings. The molecule has 6 heteroatoms. The zero-order valence-corrected chi connectivity index (χ0v) is 11.4. The van der Waals surface area contributed by atoms with Gasteiger partial charge in [0.1, 0.15) is 5.82 Å². The molecule has 0 fully saturated rings. The van der Waals surface area contributed by atoms with Crippen molar-refractivity contribution in [2.75, 3.05) is 5.73 Å². The molecular formula is C13H11ClFNO2S. The number of rotatable bonds is 3. The third kappa shape index (κ3) is 3.24. The van der Waals surface area contributed by atoms with Crippen LogP contribution in [0.5, 0.6) is 0 Å². The third-order valence-electron chi connectivity index (χ3n) is 2.58. The molecule has 2 aromatic carbocycles. The maximum atomic E-state index is 12.9. The Labute approximate surface area is 115 Å². The molecule has 19 heavy (non-hydrogen) atoms. The normalized spacial score (nSPS) is 11.5. The predicted molar refractivity (Wildman–Crippen MR) is 73.2 cm³/mol. The van der Waals surface area contributed by atoms with E-state index in [2.05, 4.69) is 0 Å². The van der Waals surface area contributed by atoms with Gasteiger partial charge in [0.2, 0.25) is 0 Å². The molecule has 100 valence electrons. The number of benzene rings is 2. The predicted octanol–water partition coefficient (Wildman–Crippen LogP) is 3.04. The van der Waals surface area contributed by atoms with Crippen molar-refractivity contribution in [3.8, 4) is 0 Å². The zero-order chi connectivity index (χ0) is 14.0. The number of anilines is 1. The summed E-state index contributed by atoms with van der Waals surface area (Å²) in [7, 11) is -3.56. The van der Waals surface area contributed by atoms with Crippen molar-refractivity contribution in [2.24, 2.45) is 0 Å². The molecule has 0 saturated carbocycles. The number of sulfone groups is 1. The SMILES string of the molecule is Nc1cccc(S(=O)(=O)Cc2ccc(F)cc2Cl)c1. The van der Waals surface area contributed by atoms with E-state index in [-0.39, 0.29) is 15.7 Å². The van der Waals surface area contributed by atoms with Gasteiger partial charge in [-0.15, -0.1) is 0 Å². The fraction of sp³-hybridized carbons (Fsp3) is 0.0769. The lowest BCUT2D eigenvalue weighted by molar-refractivity contribution is 0.595. The van der Waals surface area contributed by atoms with Crippen LogP contribution in [-0.2, 0) is 15.6 Å². The molecule has 0 spiro atoms. The third-order valence-corrected chi connectivity index (χ3v) is 4.59. The van der Waals surface area contributed by atoms with Crippen LogP contribution in [0.15, 0.2) is 47.4 Å². The lowest BCUT2D eigenvalue weighted by Crippen LogP contribution is -2.06. The van der Waals surface area contributed by atoms with Gasteiger partial charge in [0.05, 0.1) is 10.6 Å². The first-order chi connectivity index (χ1) is 8.88. The Balaban J connectivity index is 2.36. The molecule has 0 amide bonds. The Morgan fingerprint density at radius 2 is 1.89 bits per heavy atom. The molecule has 0 heterocycles. The average molecular weight is 300 g/mol. The van der Waals surface area contributed by atoms with Crippen molar-refractivity contribution in [3.05, 3.63) is 58.9 Å². The van der Waals surface area contributed by atoms with Crippen LogP contribution in [0.1, 0.15) is 5.56 Å². The van der Waals surface area contributed by atoms with Gasteiger partial charge in [0.25, 0.3) is 0 Å². The van der Waals surface area contributed by atoms with Crippen LogP contribution in [0.4, 0.5) is 10.1 Å². The standard InChI is InChI=1S/C13H11ClFNO2S/c14-13-6-10(15)5-4-9(13)8-19(17,18)12-3-1-2-11(16)7-12/h1-7H,8,16H2. The molecule has 2 N–H and O–H groups in total. The first-order valence-electron chi connectivity index (χ1n) is 5.41. The summed E-state index contributed by atoms with van der Waals surface area (Å²) in [5.74, 6) is -0.801. The highest BCUT2D eigenvalue weighted by Crippen LogP contribution is 2.23. The molecule has 0 saturated heterocycles. The highest BCUT2D eigenvalue weighted by molar-refractivity contribution is 7.90. The number of nitrogen functional groups attached to an aromatic ring is 1. The summed E-state index contributed by atoms with van der Waals surface area (Å²) in [4.78, 5) is 0.118. The van der Waals surface area contributed by atoms with Crippen molar-refractivity contribution in [1.29, 1.82) is 0 Å². The van der Waals surface area contributed by atoms with Gasteiger partial charge in [0.15, 0.2) is 9.84 Å². The van der Waals surface area contributed by atoms with Gasteiger partial charge in [-0.05, 0) is 35.9 Å². The number of nitrogens with two attached hydrogens (primary N) is 1. The fourth-order valence-electron chi connectivity index (χ4n) is 1.63. The Hall–Kier alpha value is -1.59. The van der Waals surface area contributed by atoms with Gasteiger partial charge in [-0.3, -0.25) is 0 Å². The second-order valence-electron chi connectivity index (χ2n) is 4.07. The van der Waals surface area contributed by atoms with E-state index in [0.29, 0.717) is 11.3 Å². The van der Waals surface area contributed by atoms with Crippen LogP contribution in [0.2, 0.25) is 5.02 Å². The van der Waals surface area contributed by atoms with Gasteiger partial charge in [-0.2, -0.15) is 0 Å². The van der Waals surface area contributed by atoms with Gasteiger partial charge in [-0.25, -0.2) is 12.8 Å². The molecule has 0 bridgehead atoms. The highest BCUT2D eigenvalue weighted by Gasteiger charge is 2.17. The van der Waals surface area contributed by atoms with E-state index in [0.717, 1.165) is 6.07 Å². The second kappa shape index (κ2) is 5.19. The first-order valence-corrected chi connectivity index (χ1v) is 7.44. The molecule has 0 radical (unpaired) electrons. The maximum absolute atomic E-state index is 12.9. The van der Waals surface area contributed by atoms with Crippen molar-refractivity contribution in [3.63, 3.8) is 0 Å². The molecule has 0 unspecified atom stereocenters. The minimum Gasteiger partial charge on any atom is -0.399 e. The molecule has 0 aliphatic carbocycles. The Morgan fingerprint density at radius 3 is 2.53 bits per heavy atom. The number of hydrogen-bond donors (Lipinski definition) is 1. The van der Waals surface area contributed by atoms with Crippen LogP contribution in [0.25, 0.3) is 0 Å². The van der Waals surface area contributed by atoms with Gasteiger partial charge in [-0.1, -0.05) is 23.7 Å². The summed E-state index contributed by atoms with van der Waals surface area (Å²) >= 11 is 5.83. The largest absolute Gasteiger partial charge is 0.399 e. The summed E-state index contributed by atoms with van der Waals surface area (Å²) in [6.07, 6.45) is 0. The summed E-state index contributed by atoms with van der Waals surface area (Å²) in [5, 5.41) is 0.0903. The first kappa shape index (κ1) is 13.8. The number of hydrogen-bond acceptors (Lipinski definition) is 3. The van der Waals surface area contributed by atoms with Gasteiger partial charge >= 0.3 is 0 Å². The quantitative estimate of drug-likeness (QED) is 0.886. The van der Waals surface area contributed by atoms with E-state index in [1.165, 1.54) is 24.3 Å². The molecule has 2 aromatic rings. The van der Waals surface area contributed by atoms with E-state index in [1.54, 1.807) is 12.1 Å². The molecule has 0 atom stereocenters. The molecule has 3 nitrogen and oxygen atoms in total. The van der Waals surface area contributed by atoms with E-state index in [4.69, 9.17) is 17.3 Å². The Morgan fingerprint density at radius 1 is 1.16 bits per heavy atom. The number of halogens is 2. The zero-order valence-electron chi connectivity index (χ0n) is 9.81. The van der Waals surface area contributed by atoms with Crippen molar-refractivity contribution < 1.29 is 12.8 Å². The van der Waals surface area contributed by atoms with Gasteiger partial charge < -0.3 is 5.73 Å². The van der Waals surface area contributed by atoms with Crippen molar-refractivity contribution in [2.45, 2.75) is 10.6 Å². The second-order valence-corrected chi connectivity index (χ2v) is 6.46. The van der Waals surface area contributed by atoms with Crippen LogP contribution < -0.4 is 5.73 Å². The van der Waals surface area contributed by atoms with Crippen LogP contribution in [0, 0.1) is 5.82 Å². The minimum atomic E-state index is -3.56. The summed E-state index contributed by atoms with van der Waals surface area (Å²) in [6, 6.07) is 9.64. The summed E-state index contributed by atoms with van der Waals surface area (Å²) in [6.45, 7) is 0. The average Bonchev–Trinajstić information content (AvgIpc) is 2.33. The maximum Gasteiger partial charge on any atom is 0.182 e. The molecule has 0 aromatic heterocycles. The van der Waals surface area contributed by atoms with E-state index < -0.39 is 15.7 Å². The summed E-state index contributed by atoms with van der Waals surface area (Å²) < 4.78 is 37.3. The lowest BCUT2D eigenvalue weighted by atomic mass is 10.2. The van der Waals surface area contributed by atoms with Crippen molar-refractivity contribution >= 4 is 27.1 Å². The van der Waals surface area contributed by atoms with Crippen LogP contribution >= 0.6 is 11.6 Å². The smallest absolute Gasteiger partial charge is 0.182 e. The van der Waals surface area contributed by atoms with Crippen LogP contribution in [0.3, 0.4) is 0 Å². The highest BCUT2D eigenvalue weighted by atomic mass is 35.5. The lowest BCUT2D eigenvalue weighted by Gasteiger charge is -2.07. The Bertz CT molecular complexity index is 716. The minimum absolute atomic E-state index is 0.0903. The van der Waals surface area contributed by atoms with E-state index in [9.17, 15) is 12.8 Å². The molecule has 2 rings (SSSR count). The molecule has 0 aliphatic heterocycles. The van der Waals surface area contributed by atoms with Crippen molar-refractivity contribution in [1.82, 2.24) is 0 Å². The van der Waals surface area contributed by atoms with Crippen LogP contribution in [-0.4, -0.2) is 8.42 Å². The molecular weight excluding hydrogens is 289 g/mol. The monoisotopic (exact) mass is 299 g/mol. The van der Waals surface area contributed by atoms with E-state index in [1.807, 2.05) is 0 Å². The van der Waals surface area contributed by atoms with E-state index >= 15 is 0 Å². The topological polar surface area (TPSA) is 60.2 Å². The van der Waals surface area contributed by atoms with Gasteiger partial charge in [0, 0.05) is 10.7 Å². The summed E-state index contributed by atoms with van der Waals surface area (Å²) in [5.41, 5.74) is 6.28.